The first kappa shape index (κ1) is 10.4. The van der Waals surface area contributed by atoms with E-state index in [1.807, 2.05) is 13.2 Å². The first-order chi connectivity index (χ1) is 7.31. The van der Waals surface area contributed by atoms with Crippen molar-refractivity contribution in [2.75, 3.05) is 18.9 Å². The number of nitrogens with zero attached hydrogens (tertiary/aromatic N) is 1. The van der Waals surface area contributed by atoms with E-state index in [1.54, 1.807) is 0 Å². The van der Waals surface area contributed by atoms with E-state index in [2.05, 4.69) is 28.6 Å². The van der Waals surface area contributed by atoms with E-state index in [4.69, 9.17) is 0 Å². The van der Waals surface area contributed by atoms with Gasteiger partial charge in [0.05, 0.1) is 0 Å². The van der Waals surface area contributed by atoms with Gasteiger partial charge in [0, 0.05) is 19.3 Å². The fourth-order valence-corrected chi connectivity index (χ4v) is 2.19. The minimum absolute atomic E-state index is 0.511. The van der Waals surface area contributed by atoms with Crippen molar-refractivity contribution < 1.29 is 0 Å². The molecule has 2 heterocycles. The van der Waals surface area contributed by atoms with E-state index < -0.39 is 0 Å². The van der Waals surface area contributed by atoms with Crippen molar-refractivity contribution in [2.24, 2.45) is 0 Å². The van der Waals surface area contributed by atoms with E-state index in [0.29, 0.717) is 6.04 Å². The molecule has 15 heavy (non-hydrogen) atoms. The number of aryl methyl sites for hydroxylation is 1. The third-order valence-electron chi connectivity index (χ3n) is 3.09. The lowest BCUT2D eigenvalue weighted by atomic mass is 9.96. The van der Waals surface area contributed by atoms with Gasteiger partial charge in [-0.1, -0.05) is 6.42 Å². The molecule has 1 saturated heterocycles. The Morgan fingerprint density at radius 1 is 1.47 bits per heavy atom. The average Bonchev–Trinajstić information content (AvgIpc) is 2.30. The Hall–Kier alpha value is -1.09. The molecule has 0 amide bonds. The summed E-state index contributed by atoms with van der Waals surface area (Å²) in [6.07, 6.45) is 5.87. The van der Waals surface area contributed by atoms with Crippen molar-refractivity contribution in [1.82, 2.24) is 10.3 Å². The van der Waals surface area contributed by atoms with Crippen LogP contribution in [0, 0.1) is 6.92 Å². The standard InChI is InChI=1S/C12H19N3/c1-9-7-12(13-2)15-8-10(9)11-5-3-4-6-14-11/h7-8,11,14H,3-6H2,1-2H3,(H,13,15). The maximum Gasteiger partial charge on any atom is 0.125 e. The van der Waals surface area contributed by atoms with E-state index in [0.717, 1.165) is 12.4 Å². The number of hydrogen-bond donors (Lipinski definition) is 2. The second-order valence-corrected chi connectivity index (χ2v) is 4.18. The molecule has 1 aliphatic rings. The zero-order valence-corrected chi connectivity index (χ0v) is 9.51. The minimum atomic E-state index is 0.511. The second-order valence-electron chi connectivity index (χ2n) is 4.18. The molecule has 1 fully saturated rings. The molecule has 1 unspecified atom stereocenters. The zero-order chi connectivity index (χ0) is 10.7. The van der Waals surface area contributed by atoms with Crippen molar-refractivity contribution in [3.8, 4) is 0 Å². The van der Waals surface area contributed by atoms with Gasteiger partial charge >= 0.3 is 0 Å². The Morgan fingerprint density at radius 2 is 2.33 bits per heavy atom. The summed E-state index contributed by atoms with van der Waals surface area (Å²) in [5.41, 5.74) is 2.68. The van der Waals surface area contributed by atoms with E-state index in [9.17, 15) is 0 Å². The van der Waals surface area contributed by atoms with Crippen LogP contribution in [0.2, 0.25) is 0 Å². The van der Waals surface area contributed by atoms with Gasteiger partial charge in [-0.05, 0) is 43.5 Å². The van der Waals surface area contributed by atoms with Crippen LogP contribution >= 0.6 is 0 Å². The largest absolute Gasteiger partial charge is 0.373 e. The summed E-state index contributed by atoms with van der Waals surface area (Å²) < 4.78 is 0. The fraction of sp³-hybridized carbons (Fsp3) is 0.583. The summed E-state index contributed by atoms with van der Waals surface area (Å²) in [5.74, 6) is 0.951. The van der Waals surface area contributed by atoms with Crippen LogP contribution in [0.4, 0.5) is 5.82 Å². The summed E-state index contributed by atoms with van der Waals surface area (Å²) in [6.45, 7) is 3.30. The highest BCUT2D eigenvalue weighted by Gasteiger charge is 2.16. The lowest BCUT2D eigenvalue weighted by Crippen LogP contribution is -2.27. The number of anilines is 1. The van der Waals surface area contributed by atoms with Gasteiger partial charge in [0.15, 0.2) is 0 Å². The molecule has 0 radical (unpaired) electrons. The van der Waals surface area contributed by atoms with Crippen molar-refractivity contribution in [1.29, 1.82) is 0 Å². The van der Waals surface area contributed by atoms with Gasteiger partial charge in [0.2, 0.25) is 0 Å². The number of aromatic nitrogens is 1. The predicted molar refractivity (Wildman–Crippen MR) is 63.1 cm³/mol. The molecule has 0 aromatic carbocycles. The van der Waals surface area contributed by atoms with Crippen LogP contribution in [-0.4, -0.2) is 18.6 Å². The molecule has 1 aromatic heterocycles. The molecule has 82 valence electrons. The Bertz CT molecular complexity index is 330. The molecule has 3 nitrogen and oxygen atoms in total. The highest BCUT2D eigenvalue weighted by molar-refractivity contribution is 5.41. The Morgan fingerprint density at radius 3 is 2.93 bits per heavy atom. The van der Waals surface area contributed by atoms with Crippen molar-refractivity contribution in [3.05, 3.63) is 23.4 Å². The zero-order valence-electron chi connectivity index (χ0n) is 9.51. The summed E-state index contributed by atoms with van der Waals surface area (Å²) in [5, 5.41) is 6.62. The van der Waals surface area contributed by atoms with E-state index in [-0.39, 0.29) is 0 Å². The molecule has 3 heteroatoms. The van der Waals surface area contributed by atoms with Gasteiger partial charge in [0.25, 0.3) is 0 Å². The summed E-state index contributed by atoms with van der Waals surface area (Å²) in [6, 6.07) is 2.63. The van der Waals surface area contributed by atoms with Crippen LogP contribution in [0.25, 0.3) is 0 Å². The van der Waals surface area contributed by atoms with Crippen LogP contribution in [0.5, 0.6) is 0 Å². The number of rotatable bonds is 2. The van der Waals surface area contributed by atoms with Gasteiger partial charge in [-0.2, -0.15) is 0 Å². The van der Waals surface area contributed by atoms with E-state index in [1.165, 1.54) is 30.4 Å². The molecule has 1 aliphatic heterocycles. The van der Waals surface area contributed by atoms with Gasteiger partial charge in [-0.3, -0.25) is 0 Å². The fourth-order valence-electron chi connectivity index (χ4n) is 2.19. The number of pyridine rings is 1. The first-order valence-electron chi connectivity index (χ1n) is 5.69. The second kappa shape index (κ2) is 4.62. The third-order valence-corrected chi connectivity index (χ3v) is 3.09. The molecule has 2 rings (SSSR count). The van der Waals surface area contributed by atoms with Crippen molar-refractivity contribution in [3.63, 3.8) is 0 Å². The lowest BCUT2D eigenvalue weighted by Gasteiger charge is -2.25. The highest BCUT2D eigenvalue weighted by atomic mass is 15.0. The minimum Gasteiger partial charge on any atom is -0.373 e. The Balaban J connectivity index is 2.19. The normalized spacial score (nSPS) is 21.3. The van der Waals surface area contributed by atoms with Gasteiger partial charge in [0.1, 0.15) is 5.82 Å². The SMILES string of the molecule is CNc1cc(C)c(C2CCCCN2)cn1. The number of hydrogen-bond acceptors (Lipinski definition) is 3. The number of piperidine rings is 1. The average molecular weight is 205 g/mol. The van der Waals surface area contributed by atoms with Crippen molar-refractivity contribution in [2.45, 2.75) is 32.2 Å². The molecule has 0 spiro atoms. The smallest absolute Gasteiger partial charge is 0.125 e. The molecule has 0 aliphatic carbocycles. The molecule has 1 atom stereocenters. The Labute approximate surface area is 91.3 Å². The third kappa shape index (κ3) is 2.29. The van der Waals surface area contributed by atoms with Gasteiger partial charge < -0.3 is 10.6 Å². The lowest BCUT2D eigenvalue weighted by molar-refractivity contribution is 0.410. The van der Waals surface area contributed by atoms with Gasteiger partial charge in [-0.25, -0.2) is 4.98 Å². The Kier molecular flexibility index (Phi) is 3.21. The molecule has 0 saturated carbocycles. The monoisotopic (exact) mass is 205 g/mol. The summed E-state index contributed by atoms with van der Waals surface area (Å²) >= 11 is 0. The molecule has 0 bridgehead atoms. The number of nitrogens with one attached hydrogen (secondary N) is 2. The van der Waals surface area contributed by atoms with Crippen LogP contribution in [0.3, 0.4) is 0 Å². The van der Waals surface area contributed by atoms with E-state index >= 15 is 0 Å². The summed E-state index contributed by atoms with van der Waals surface area (Å²) in [4.78, 5) is 4.38. The van der Waals surface area contributed by atoms with Crippen molar-refractivity contribution >= 4 is 5.82 Å². The quantitative estimate of drug-likeness (QED) is 0.777. The topological polar surface area (TPSA) is 37.0 Å². The van der Waals surface area contributed by atoms with Gasteiger partial charge in [-0.15, -0.1) is 0 Å². The van der Waals surface area contributed by atoms with Crippen LogP contribution in [0.15, 0.2) is 12.3 Å². The predicted octanol–water partition coefficient (Wildman–Crippen LogP) is 2.25. The molecule has 2 N–H and O–H groups in total. The molecule has 1 aromatic rings. The summed E-state index contributed by atoms with van der Waals surface area (Å²) in [7, 11) is 1.90. The molecular formula is C12H19N3. The first-order valence-corrected chi connectivity index (χ1v) is 5.69. The maximum absolute atomic E-state index is 4.38. The molecular weight excluding hydrogens is 186 g/mol. The van der Waals surface area contributed by atoms with Crippen LogP contribution < -0.4 is 10.6 Å². The highest BCUT2D eigenvalue weighted by Crippen LogP contribution is 2.25. The van der Waals surface area contributed by atoms with Crippen LogP contribution in [0.1, 0.15) is 36.4 Å². The maximum atomic E-state index is 4.38. The van der Waals surface area contributed by atoms with Crippen LogP contribution in [-0.2, 0) is 0 Å².